The first kappa shape index (κ1) is 13.4. The first-order valence-electron chi connectivity index (χ1n) is 5.62. The largest absolute Gasteiger partial charge is 0.389 e. The van der Waals surface area contributed by atoms with E-state index >= 15 is 0 Å². The molecule has 0 saturated heterocycles. The molecule has 1 saturated carbocycles. The molecule has 1 atom stereocenters. The lowest BCUT2D eigenvalue weighted by Crippen LogP contribution is -2.43. The number of halogens is 1. The average molecular weight is 233 g/mol. The molecule has 0 bridgehead atoms. The highest BCUT2D eigenvalue weighted by atomic mass is 19.1. The van der Waals surface area contributed by atoms with Crippen molar-refractivity contribution in [2.75, 3.05) is 19.8 Å². The van der Waals surface area contributed by atoms with Gasteiger partial charge in [0.1, 0.15) is 0 Å². The Hall–Kier alpha value is -0.680. The molecule has 1 unspecified atom stereocenters. The van der Waals surface area contributed by atoms with E-state index in [9.17, 15) is 14.3 Å². The topological polar surface area (TPSA) is 58.6 Å². The van der Waals surface area contributed by atoms with E-state index in [1.54, 1.807) is 0 Å². The highest BCUT2D eigenvalue weighted by Crippen LogP contribution is 2.28. The maximum absolute atomic E-state index is 13.1. The molecule has 2 N–H and O–H groups in total. The van der Waals surface area contributed by atoms with Crippen LogP contribution in [0.5, 0.6) is 0 Å². The van der Waals surface area contributed by atoms with Gasteiger partial charge in [-0.05, 0) is 32.6 Å². The molecule has 1 rings (SSSR count). The molecule has 0 heterocycles. The van der Waals surface area contributed by atoms with Gasteiger partial charge >= 0.3 is 0 Å². The van der Waals surface area contributed by atoms with E-state index in [2.05, 4.69) is 5.32 Å². The number of carbonyl (C=O) groups excluding carboxylic acids is 1. The second kappa shape index (κ2) is 5.59. The molecule has 94 valence electrons. The average Bonchev–Trinajstić information content (AvgIpc) is 2.96. The van der Waals surface area contributed by atoms with Crippen LogP contribution in [0.1, 0.15) is 26.7 Å². The standard InChI is InChI=1S/C11H20FNO3/c1-11(2,12)10(15)13-5-9(14)7-16-6-8-3-4-8/h8-9,14H,3-7H2,1-2H3,(H,13,15). The van der Waals surface area contributed by atoms with Gasteiger partial charge in [-0.1, -0.05) is 0 Å². The Bertz CT molecular complexity index is 236. The number of ether oxygens (including phenoxy) is 1. The van der Waals surface area contributed by atoms with E-state index in [0.717, 1.165) is 0 Å². The predicted octanol–water partition coefficient (Wildman–Crippen LogP) is 0.638. The maximum atomic E-state index is 13.1. The highest BCUT2D eigenvalue weighted by molar-refractivity contribution is 5.84. The summed E-state index contributed by atoms with van der Waals surface area (Å²) in [4.78, 5) is 11.1. The number of hydrogen-bond donors (Lipinski definition) is 2. The second-order valence-corrected chi connectivity index (χ2v) is 4.82. The van der Waals surface area contributed by atoms with Crippen LogP contribution in [0.3, 0.4) is 0 Å². The lowest BCUT2D eigenvalue weighted by molar-refractivity contribution is -0.131. The van der Waals surface area contributed by atoms with Gasteiger partial charge in [-0.15, -0.1) is 0 Å². The molecule has 4 nitrogen and oxygen atoms in total. The van der Waals surface area contributed by atoms with Crippen molar-refractivity contribution >= 4 is 5.91 Å². The molecule has 0 aliphatic heterocycles. The molecule has 0 aromatic heterocycles. The number of rotatable bonds is 7. The Balaban J connectivity index is 2.04. The minimum absolute atomic E-state index is 0.0247. The Morgan fingerprint density at radius 1 is 1.62 bits per heavy atom. The van der Waals surface area contributed by atoms with Crippen molar-refractivity contribution < 1.29 is 19.0 Å². The molecular formula is C11H20FNO3. The number of carbonyl (C=O) groups is 1. The first-order valence-corrected chi connectivity index (χ1v) is 5.62. The fourth-order valence-electron chi connectivity index (χ4n) is 1.13. The maximum Gasteiger partial charge on any atom is 0.257 e. The fourth-order valence-corrected chi connectivity index (χ4v) is 1.13. The van der Waals surface area contributed by atoms with Crippen LogP contribution >= 0.6 is 0 Å². The van der Waals surface area contributed by atoms with Gasteiger partial charge in [0.2, 0.25) is 0 Å². The van der Waals surface area contributed by atoms with Crippen LogP contribution in [0, 0.1) is 5.92 Å². The smallest absolute Gasteiger partial charge is 0.257 e. The van der Waals surface area contributed by atoms with E-state index in [1.807, 2.05) is 0 Å². The van der Waals surface area contributed by atoms with Crippen molar-refractivity contribution in [3.05, 3.63) is 0 Å². The van der Waals surface area contributed by atoms with Crippen LogP contribution in [0.25, 0.3) is 0 Å². The molecule has 0 aromatic rings. The molecule has 1 amide bonds. The second-order valence-electron chi connectivity index (χ2n) is 4.82. The van der Waals surface area contributed by atoms with Gasteiger partial charge in [-0.25, -0.2) is 4.39 Å². The van der Waals surface area contributed by atoms with Crippen LogP contribution < -0.4 is 5.32 Å². The van der Waals surface area contributed by atoms with Crippen molar-refractivity contribution in [2.24, 2.45) is 5.92 Å². The molecule has 0 aromatic carbocycles. The number of amides is 1. The normalized spacial score (nSPS) is 18.2. The Morgan fingerprint density at radius 2 is 2.25 bits per heavy atom. The number of nitrogens with one attached hydrogen (secondary N) is 1. The van der Waals surface area contributed by atoms with Gasteiger partial charge < -0.3 is 15.2 Å². The number of hydrogen-bond acceptors (Lipinski definition) is 3. The van der Waals surface area contributed by atoms with Gasteiger partial charge in [0.25, 0.3) is 5.91 Å². The van der Waals surface area contributed by atoms with E-state index in [-0.39, 0.29) is 13.2 Å². The quantitative estimate of drug-likeness (QED) is 0.678. The van der Waals surface area contributed by atoms with Gasteiger partial charge in [0.15, 0.2) is 5.67 Å². The third-order valence-corrected chi connectivity index (χ3v) is 2.40. The third kappa shape index (κ3) is 5.42. The van der Waals surface area contributed by atoms with Gasteiger partial charge in [-0.3, -0.25) is 4.79 Å². The van der Waals surface area contributed by atoms with Crippen molar-refractivity contribution in [1.82, 2.24) is 5.32 Å². The number of aliphatic hydroxyl groups is 1. The van der Waals surface area contributed by atoms with Crippen molar-refractivity contribution in [3.63, 3.8) is 0 Å². The zero-order valence-electron chi connectivity index (χ0n) is 9.83. The SMILES string of the molecule is CC(C)(F)C(=O)NCC(O)COCC1CC1. The molecule has 0 radical (unpaired) electrons. The van der Waals surface area contributed by atoms with Gasteiger partial charge in [0.05, 0.1) is 12.7 Å². The van der Waals surface area contributed by atoms with E-state index in [0.29, 0.717) is 12.5 Å². The first-order chi connectivity index (χ1) is 7.39. The summed E-state index contributed by atoms with van der Waals surface area (Å²) in [6, 6.07) is 0. The number of aliphatic hydroxyl groups excluding tert-OH is 1. The van der Waals surface area contributed by atoms with Crippen molar-refractivity contribution in [3.8, 4) is 0 Å². The summed E-state index contributed by atoms with van der Waals surface area (Å²) in [6.07, 6.45) is 1.62. The predicted molar refractivity (Wildman–Crippen MR) is 57.7 cm³/mol. The Morgan fingerprint density at radius 3 is 2.75 bits per heavy atom. The van der Waals surface area contributed by atoms with Crippen LogP contribution in [0.2, 0.25) is 0 Å². The van der Waals surface area contributed by atoms with Crippen molar-refractivity contribution in [1.29, 1.82) is 0 Å². The van der Waals surface area contributed by atoms with Crippen LogP contribution in [-0.4, -0.2) is 42.5 Å². The lowest BCUT2D eigenvalue weighted by atomic mass is 10.1. The molecule has 5 heteroatoms. The van der Waals surface area contributed by atoms with Gasteiger partial charge in [0, 0.05) is 13.2 Å². The minimum atomic E-state index is -1.91. The molecular weight excluding hydrogens is 213 g/mol. The summed E-state index contributed by atoms with van der Waals surface area (Å²) in [7, 11) is 0. The molecule has 1 fully saturated rings. The van der Waals surface area contributed by atoms with Crippen LogP contribution in [0.4, 0.5) is 4.39 Å². The zero-order valence-corrected chi connectivity index (χ0v) is 9.83. The van der Waals surface area contributed by atoms with E-state index in [1.165, 1.54) is 26.7 Å². The van der Waals surface area contributed by atoms with Crippen LogP contribution in [-0.2, 0) is 9.53 Å². The monoisotopic (exact) mass is 233 g/mol. The Kier molecular flexibility index (Phi) is 4.68. The van der Waals surface area contributed by atoms with Crippen molar-refractivity contribution in [2.45, 2.75) is 38.5 Å². The minimum Gasteiger partial charge on any atom is -0.389 e. The summed E-state index contributed by atoms with van der Waals surface area (Å²) < 4.78 is 18.3. The molecule has 16 heavy (non-hydrogen) atoms. The summed E-state index contributed by atoms with van der Waals surface area (Å²) in [5.41, 5.74) is -1.91. The summed E-state index contributed by atoms with van der Waals surface area (Å²) in [5.74, 6) is -0.0692. The Labute approximate surface area is 95.2 Å². The van der Waals surface area contributed by atoms with E-state index in [4.69, 9.17) is 4.74 Å². The van der Waals surface area contributed by atoms with Gasteiger partial charge in [-0.2, -0.15) is 0 Å². The summed E-state index contributed by atoms with van der Waals surface area (Å²) >= 11 is 0. The molecule has 1 aliphatic rings. The highest BCUT2D eigenvalue weighted by Gasteiger charge is 2.26. The summed E-state index contributed by atoms with van der Waals surface area (Å²) in [5, 5.41) is 11.8. The fraction of sp³-hybridized carbons (Fsp3) is 0.909. The third-order valence-electron chi connectivity index (χ3n) is 2.40. The van der Waals surface area contributed by atoms with E-state index < -0.39 is 17.7 Å². The molecule has 1 aliphatic carbocycles. The number of alkyl halides is 1. The lowest BCUT2D eigenvalue weighted by Gasteiger charge is -2.16. The zero-order chi connectivity index (χ0) is 12.2. The summed E-state index contributed by atoms with van der Waals surface area (Å²) in [6.45, 7) is 3.23. The van der Waals surface area contributed by atoms with Crippen LogP contribution in [0.15, 0.2) is 0 Å². The molecule has 0 spiro atoms.